The van der Waals surface area contributed by atoms with Gasteiger partial charge in [0.15, 0.2) is 0 Å². The second-order valence-electron chi connectivity index (χ2n) is 2.47. The lowest BCUT2D eigenvalue weighted by Crippen LogP contribution is -2.39. The maximum atomic E-state index is 10.7. The van der Waals surface area contributed by atoms with Crippen LogP contribution in [0.25, 0.3) is 0 Å². The Hall–Kier alpha value is -0.420. The Morgan fingerprint density at radius 3 is 2.50 bits per heavy atom. The summed E-state index contributed by atoms with van der Waals surface area (Å²) in [5.41, 5.74) is 5.18. The quantitative estimate of drug-likeness (QED) is 0.414. The first-order chi connectivity index (χ1) is 5.33. The standard InChI is InChI=1S/C5H13N2O4P/c1-4(6)5(8)7-2-3-12(9,10)11/h4H,2-3,6H2,1H3,(H,7,8)(H2,9,10,11). The van der Waals surface area contributed by atoms with E-state index in [1.54, 1.807) is 0 Å². The minimum absolute atomic E-state index is 0.0509. The molecular formula is C5H13N2O4P. The van der Waals surface area contributed by atoms with Crippen molar-refractivity contribution in [3.05, 3.63) is 0 Å². The Labute approximate surface area is 70.3 Å². The molecule has 0 rings (SSSR count). The largest absolute Gasteiger partial charge is 0.354 e. The van der Waals surface area contributed by atoms with E-state index < -0.39 is 19.5 Å². The smallest absolute Gasteiger partial charge is 0.327 e. The van der Waals surface area contributed by atoms with Crippen LogP contribution in [0.15, 0.2) is 0 Å². The number of nitrogens with one attached hydrogen (secondary N) is 1. The third-order valence-electron chi connectivity index (χ3n) is 1.12. The predicted molar refractivity (Wildman–Crippen MR) is 43.6 cm³/mol. The summed E-state index contributed by atoms with van der Waals surface area (Å²) >= 11 is 0. The molecule has 0 fully saturated rings. The maximum Gasteiger partial charge on any atom is 0.327 e. The van der Waals surface area contributed by atoms with Gasteiger partial charge in [-0.3, -0.25) is 9.36 Å². The van der Waals surface area contributed by atoms with E-state index in [2.05, 4.69) is 5.32 Å². The van der Waals surface area contributed by atoms with Crippen molar-refractivity contribution in [3.63, 3.8) is 0 Å². The predicted octanol–water partition coefficient (Wildman–Crippen LogP) is -1.37. The first-order valence-electron chi connectivity index (χ1n) is 3.41. The molecule has 5 N–H and O–H groups in total. The molecule has 0 heterocycles. The molecule has 0 spiro atoms. The van der Waals surface area contributed by atoms with Crippen LogP contribution in [0.2, 0.25) is 0 Å². The van der Waals surface area contributed by atoms with Crippen molar-refractivity contribution in [2.24, 2.45) is 5.73 Å². The fourth-order valence-electron chi connectivity index (χ4n) is 0.486. The normalized spacial score (nSPS) is 14.0. The van der Waals surface area contributed by atoms with E-state index in [0.717, 1.165) is 0 Å². The van der Waals surface area contributed by atoms with Crippen LogP contribution in [-0.4, -0.2) is 34.4 Å². The third-order valence-corrected chi connectivity index (χ3v) is 1.92. The number of hydrogen-bond donors (Lipinski definition) is 4. The molecule has 0 aromatic heterocycles. The molecule has 0 aliphatic rings. The molecule has 0 saturated carbocycles. The molecule has 0 aromatic carbocycles. The van der Waals surface area contributed by atoms with Crippen LogP contribution < -0.4 is 11.1 Å². The zero-order valence-electron chi connectivity index (χ0n) is 6.73. The zero-order chi connectivity index (χ0) is 9.78. The monoisotopic (exact) mass is 196 g/mol. The zero-order valence-corrected chi connectivity index (χ0v) is 7.62. The fraction of sp³-hybridized carbons (Fsp3) is 0.800. The molecule has 72 valence electrons. The lowest BCUT2D eigenvalue weighted by atomic mass is 10.3. The van der Waals surface area contributed by atoms with E-state index in [9.17, 15) is 9.36 Å². The Morgan fingerprint density at radius 2 is 2.17 bits per heavy atom. The lowest BCUT2D eigenvalue weighted by molar-refractivity contribution is -0.121. The average Bonchev–Trinajstić information content (AvgIpc) is 1.84. The van der Waals surface area contributed by atoms with Crippen LogP contribution in [0.3, 0.4) is 0 Å². The number of amides is 1. The van der Waals surface area contributed by atoms with Gasteiger partial charge in [0, 0.05) is 6.54 Å². The van der Waals surface area contributed by atoms with Gasteiger partial charge in [0.2, 0.25) is 5.91 Å². The highest BCUT2D eigenvalue weighted by Crippen LogP contribution is 2.32. The molecule has 0 aliphatic heterocycles. The molecule has 7 heteroatoms. The number of hydrogen-bond acceptors (Lipinski definition) is 3. The number of nitrogens with two attached hydrogens (primary N) is 1. The van der Waals surface area contributed by atoms with Crippen molar-refractivity contribution in [2.45, 2.75) is 13.0 Å². The van der Waals surface area contributed by atoms with Crippen LogP contribution in [0.1, 0.15) is 6.92 Å². The van der Waals surface area contributed by atoms with Crippen molar-refractivity contribution in [3.8, 4) is 0 Å². The summed E-state index contributed by atoms with van der Waals surface area (Å²) in [6.07, 6.45) is -0.356. The van der Waals surface area contributed by atoms with Crippen molar-refractivity contribution in [1.82, 2.24) is 5.32 Å². The topological polar surface area (TPSA) is 113 Å². The Morgan fingerprint density at radius 1 is 1.67 bits per heavy atom. The van der Waals surface area contributed by atoms with Gasteiger partial charge in [-0.05, 0) is 6.92 Å². The summed E-state index contributed by atoms with van der Waals surface area (Å²) in [5, 5.41) is 2.28. The molecule has 0 radical (unpaired) electrons. The van der Waals surface area contributed by atoms with E-state index in [0.29, 0.717) is 0 Å². The fourth-order valence-corrected chi connectivity index (χ4v) is 0.889. The summed E-state index contributed by atoms with van der Waals surface area (Å²) in [4.78, 5) is 27.5. The molecule has 0 saturated heterocycles. The van der Waals surface area contributed by atoms with Crippen LogP contribution in [0.4, 0.5) is 0 Å². The summed E-state index contributed by atoms with van der Waals surface area (Å²) < 4.78 is 10.3. The van der Waals surface area contributed by atoms with Crippen LogP contribution >= 0.6 is 7.60 Å². The Balaban J connectivity index is 3.58. The minimum Gasteiger partial charge on any atom is -0.354 e. The Bertz CT molecular complexity index is 200. The van der Waals surface area contributed by atoms with E-state index in [4.69, 9.17) is 15.5 Å². The second kappa shape index (κ2) is 4.57. The molecule has 6 nitrogen and oxygen atoms in total. The van der Waals surface area contributed by atoms with Gasteiger partial charge in [-0.2, -0.15) is 0 Å². The van der Waals surface area contributed by atoms with E-state index in [1.807, 2.05) is 0 Å². The lowest BCUT2D eigenvalue weighted by Gasteiger charge is -2.07. The average molecular weight is 196 g/mol. The summed E-state index contributed by atoms with van der Waals surface area (Å²) in [5.74, 6) is -0.413. The summed E-state index contributed by atoms with van der Waals surface area (Å²) in [7, 11) is -4.01. The van der Waals surface area contributed by atoms with Gasteiger partial charge in [0.05, 0.1) is 12.2 Å². The van der Waals surface area contributed by atoms with Crippen molar-refractivity contribution < 1.29 is 19.1 Å². The van der Waals surface area contributed by atoms with Gasteiger partial charge in [0.1, 0.15) is 0 Å². The molecule has 1 atom stereocenters. The van der Waals surface area contributed by atoms with Gasteiger partial charge in [-0.1, -0.05) is 0 Å². The summed E-state index contributed by atoms with van der Waals surface area (Å²) in [6, 6.07) is -0.651. The number of carbonyl (C=O) groups is 1. The third kappa shape index (κ3) is 6.30. The first kappa shape index (κ1) is 11.6. The van der Waals surface area contributed by atoms with Gasteiger partial charge in [0.25, 0.3) is 0 Å². The molecule has 0 aromatic rings. The van der Waals surface area contributed by atoms with Gasteiger partial charge in [-0.25, -0.2) is 0 Å². The number of carbonyl (C=O) groups excluding carboxylic acids is 1. The first-order valence-corrected chi connectivity index (χ1v) is 5.20. The molecule has 1 amide bonds. The van der Waals surface area contributed by atoms with Crippen LogP contribution in [-0.2, 0) is 9.36 Å². The highest BCUT2D eigenvalue weighted by atomic mass is 31.2. The molecular weight excluding hydrogens is 183 g/mol. The second-order valence-corrected chi connectivity index (χ2v) is 4.24. The minimum atomic E-state index is -4.01. The van der Waals surface area contributed by atoms with Gasteiger partial charge in [-0.15, -0.1) is 0 Å². The Kier molecular flexibility index (Phi) is 4.41. The molecule has 12 heavy (non-hydrogen) atoms. The van der Waals surface area contributed by atoms with E-state index >= 15 is 0 Å². The highest BCUT2D eigenvalue weighted by molar-refractivity contribution is 7.51. The van der Waals surface area contributed by atoms with Crippen molar-refractivity contribution in [1.29, 1.82) is 0 Å². The number of rotatable bonds is 4. The van der Waals surface area contributed by atoms with E-state index in [1.165, 1.54) is 6.92 Å². The molecule has 1 unspecified atom stereocenters. The van der Waals surface area contributed by atoms with Crippen molar-refractivity contribution in [2.75, 3.05) is 12.7 Å². The summed E-state index contributed by atoms with van der Waals surface area (Å²) in [6.45, 7) is 1.44. The molecule has 0 aliphatic carbocycles. The molecule has 0 bridgehead atoms. The van der Waals surface area contributed by atoms with E-state index in [-0.39, 0.29) is 12.7 Å². The maximum absolute atomic E-state index is 10.7. The SMILES string of the molecule is CC(N)C(=O)NCCP(=O)(O)O. The van der Waals surface area contributed by atoms with Gasteiger partial charge >= 0.3 is 7.60 Å². The highest BCUT2D eigenvalue weighted by Gasteiger charge is 2.13. The van der Waals surface area contributed by atoms with Crippen LogP contribution in [0.5, 0.6) is 0 Å². The van der Waals surface area contributed by atoms with Crippen LogP contribution in [0, 0.1) is 0 Å². The van der Waals surface area contributed by atoms with Crippen molar-refractivity contribution >= 4 is 13.5 Å². The van der Waals surface area contributed by atoms with Gasteiger partial charge < -0.3 is 20.8 Å².